The summed E-state index contributed by atoms with van der Waals surface area (Å²) in [7, 11) is -1.74. The van der Waals surface area contributed by atoms with Crippen LogP contribution >= 0.6 is 0 Å². The second-order valence-electron chi connectivity index (χ2n) is 7.99. The van der Waals surface area contributed by atoms with Gasteiger partial charge in [0.2, 0.25) is 10.0 Å². The minimum atomic E-state index is -3.37. The molecule has 0 N–H and O–H groups in total. The molecule has 4 rings (SSSR count). The van der Waals surface area contributed by atoms with Gasteiger partial charge in [0.15, 0.2) is 5.69 Å². The number of carbonyl (C=O) groups is 1. The molecule has 2 fully saturated rings. The van der Waals surface area contributed by atoms with Crippen LogP contribution in [-0.2, 0) is 16.4 Å². The molecule has 9 heteroatoms. The van der Waals surface area contributed by atoms with Crippen molar-refractivity contribution < 1.29 is 22.5 Å². The predicted molar refractivity (Wildman–Crippen MR) is 111 cm³/mol. The average molecular weight is 434 g/mol. The zero-order chi connectivity index (χ0) is 21.3. The molecule has 1 aromatic carbocycles. The summed E-state index contributed by atoms with van der Waals surface area (Å²) in [5, 5.41) is 3.37. The number of aromatic nitrogens is 1. The Morgan fingerprint density at radius 3 is 2.63 bits per heavy atom. The van der Waals surface area contributed by atoms with Gasteiger partial charge in [-0.05, 0) is 49.8 Å². The monoisotopic (exact) mass is 433 g/mol. The Labute approximate surface area is 176 Å². The Kier molecular flexibility index (Phi) is 5.84. The number of likely N-dealkylation sites (tertiary alicyclic amines) is 1. The van der Waals surface area contributed by atoms with Gasteiger partial charge in [0.25, 0.3) is 5.91 Å². The number of fused-ring (bicyclic) bond motifs is 1. The largest absolute Gasteiger partial charge is 0.497 e. The van der Waals surface area contributed by atoms with E-state index in [-0.39, 0.29) is 17.5 Å². The molecule has 0 saturated carbocycles. The van der Waals surface area contributed by atoms with Crippen LogP contribution in [0.5, 0.6) is 5.75 Å². The van der Waals surface area contributed by atoms with Crippen molar-refractivity contribution in [2.75, 3.05) is 33.3 Å². The molecule has 0 aliphatic carbocycles. The van der Waals surface area contributed by atoms with E-state index < -0.39 is 15.3 Å². The second kappa shape index (κ2) is 8.39. The molecule has 3 heterocycles. The Hall–Kier alpha value is -2.39. The van der Waals surface area contributed by atoms with E-state index in [1.54, 1.807) is 29.3 Å². The van der Waals surface area contributed by atoms with Crippen LogP contribution in [0, 0.1) is 12.8 Å². The van der Waals surface area contributed by atoms with Crippen LogP contribution in [0.3, 0.4) is 0 Å². The van der Waals surface area contributed by atoms with Gasteiger partial charge in [-0.3, -0.25) is 4.79 Å². The molecule has 0 spiro atoms. The van der Waals surface area contributed by atoms with Gasteiger partial charge < -0.3 is 14.2 Å². The summed E-state index contributed by atoms with van der Waals surface area (Å²) >= 11 is 0. The van der Waals surface area contributed by atoms with Crippen LogP contribution < -0.4 is 4.74 Å². The highest BCUT2D eigenvalue weighted by atomic mass is 32.2. The molecule has 30 heavy (non-hydrogen) atoms. The average Bonchev–Trinajstić information content (AvgIpc) is 3.18. The number of hydrogen-bond acceptors (Lipinski definition) is 6. The van der Waals surface area contributed by atoms with Gasteiger partial charge in [-0.25, -0.2) is 12.7 Å². The van der Waals surface area contributed by atoms with Crippen molar-refractivity contribution in [3.63, 3.8) is 0 Å². The number of rotatable bonds is 5. The Bertz CT molecular complexity index is 1000. The highest BCUT2D eigenvalue weighted by molar-refractivity contribution is 7.90. The molecular weight excluding hydrogens is 406 g/mol. The maximum atomic E-state index is 13.1. The molecule has 2 aliphatic rings. The van der Waals surface area contributed by atoms with E-state index in [9.17, 15) is 13.2 Å². The van der Waals surface area contributed by atoms with Crippen LogP contribution in [0.4, 0.5) is 0 Å². The Balaban J connectivity index is 1.38. The first-order chi connectivity index (χ1) is 14.4. The van der Waals surface area contributed by atoms with E-state index >= 15 is 0 Å². The molecule has 0 unspecified atom stereocenters. The summed E-state index contributed by atoms with van der Waals surface area (Å²) in [4.78, 5) is 14.4. The number of carbonyl (C=O) groups excluding carboxylic acids is 1. The smallest absolute Gasteiger partial charge is 0.276 e. The lowest BCUT2D eigenvalue weighted by molar-refractivity contribution is 0.0748. The van der Waals surface area contributed by atoms with Gasteiger partial charge in [0, 0.05) is 32.2 Å². The van der Waals surface area contributed by atoms with Gasteiger partial charge in [-0.2, -0.15) is 0 Å². The number of aryl methyl sites for hydroxylation is 1. The third-order valence-electron chi connectivity index (χ3n) is 6.10. The fourth-order valence-electron chi connectivity index (χ4n) is 4.39. The predicted octanol–water partition coefficient (Wildman–Crippen LogP) is 2.10. The molecule has 1 amide bonds. The number of amides is 1. The summed E-state index contributed by atoms with van der Waals surface area (Å²) in [5.74, 6) is 1.22. The van der Waals surface area contributed by atoms with Crippen molar-refractivity contribution in [3.8, 4) is 5.75 Å². The number of nitrogens with zero attached hydrogens (tertiary/aromatic N) is 3. The van der Waals surface area contributed by atoms with Crippen molar-refractivity contribution in [1.82, 2.24) is 14.4 Å². The topological polar surface area (TPSA) is 92.9 Å². The van der Waals surface area contributed by atoms with Crippen LogP contribution in [0.15, 0.2) is 34.9 Å². The molecule has 0 bridgehead atoms. The zero-order valence-electron chi connectivity index (χ0n) is 17.3. The fraction of sp³-hybridized carbons (Fsp3) is 0.524. The quantitative estimate of drug-likeness (QED) is 0.717. The summed E-state index contributed by atoms with van der Waals surface area (Å²) in [6.45, 7) is 3.69. The van der Waals surface area contributed by atoms with E-state index in [0.29, 0.717) is 51.2 Å². The standard InChI is InChI=1S/C21H27N3O5S/c1-15-13-19(22-29-15)21(25)23-10-8-17-14-24(30(26,27)20(17)9-11-23)12-7-16-3-5-18(28-2)6-4-16/h3-6,13,17,20H,7-12,14H2,1-2H3/t17-,20-/m1/s1. The maximum Gasteiger partial charge on any atom is 0.276 e. The summed E-state index contributed by atoms with van der Waals surface area (Å²) < 4.78 is 38.0. The SMILES string of the molecule is COc1ccc(CCN2C[C@H]3CCN(C(=O)c4cc(C)on4)CC[C@H]3S2(=O)=O)cc1. The second-order valence-corrected chi connectivity index (χ2v) is 10.1. The highest BCUT2D eigenvalue weighted by Gasteiger charge is 2.47. The van der Waals surface area contributed by atoms with Gasteiger partial charge in [-0.15, -0.1) is 0 Å². The lowest BCUT2D eigenvalue weighted by Crippen LogP contribution is -2.35. The third kappa shape index (κ3) is 4.09. The third-order valence-corrected chi connectivity index (χ3v) is 8.54. The normalized spacial score (nSPS) is 23.7. The number of methoxy groups -OCH3 is 1. The number of ether oxygens (including phenoxy) is 1. The Morgan fingerprint density at radius 1 is 1.23 bits per heavy atom. The minimum Gasteiger partial charge on any atom is -0.497 e. The van der Waals surface area contributed by atoms with E-state index in [0.717, 1.165) is 11.3 Å². The molecular formula is C21H27N3O5S. The van der Waals surface area contributed by atoms with Gasteiger partial charge in [0.05, 0.1) is 12.4 Å². The number of hydrogen-bond donors (Lipinski definition) is 0. The zero-order valence-corrected chi connectivity index (χ0v) is 18.1. The van der Waals surface area contributed by atoms with Gasteiger partial charge in [-0.1, -0.05) is 17.3 Å². The molecule has 0 radical (unpaired) electrons. The summed E-state index contributed by atoms with van der Waals surface area (Å²) in [6.07, 6.45) is 1.79. The van der Waals surface area contributed by atoms with Crippen LogP contribution in [0.2, 0.25) is 0 Å². The van der Waals surface area contributed by atoms with Crippen molar-refractivity contribution >= 4 is 15.9 Å². The lowest BCUT2D eigenvalue weighted by atomic mass is 10.0. The molecule has 162 valence electrons. The number of benzene rings is 1. The van der Waals surface area contributed by atoms with Crippen molar-refractivity contribution in [2.24, 2.45) is 5.92 Å². The van der Waals surface area contributed by atoms with Crippen LogP contribution in [0.25, 0.3) is 0 Å². The molecule has 2 saturated heterocycles. The summed E-state index contributed by atoms with van der Waals surface area (Å²) in [6, 6.07) is 9.33. The molecule has 8 nitrogen and oxygen atoms in total. The van der Waals surface area contributed by atoms with Gasteiger partial charge >= 0.3 is 0 Å². The first-order valence-corrected chi connectivity index (χ1v) is 11.7. The van der Waals surface area contributed by atoms with E-state index in [1.165, 1.54) is 0 Å². The molecule has 2 aromatic rings. The number of sulfonamides is 1. The maximum absolute atomic E-state index is 13.1. The fourth-order valence-corrected chi connectivity index (χ4v) is 6.63. The van der Waals surface area contributed by atoms with Crippen LogP contribution in [-0.4, -0.2) is 67.2 Å². The molecule has 2 aliphatic heterocycles. The molecule has 2 atom stereocenters. The van der Waals surface area contributed by atoms with Crippen molar-refractivity contribution in [3.05, 3.63) is 47.3 Å². The van der Waals surface area contributed by atoms with Gasteiger partial charge in [0.1, 0.15) is 11.5 Å². The van der Waals surface area contributed by atoms with Crippen LogP contribution in [0.1, 0.15) is 34.7 Å². The Morgan fingerprint density at radius 2 is 1.97 bits per heavy atom. The molecule has 1 aromatic heterocycles. The van der Waals surface area contributed by atoms with Crippen molar-refractivity contribution in [1.29, 1.82) is 0 Å². The summed E-state index contributed by atoms with van der Waals surface area (Å²) in [5.41, 5.74) is 1.36. The first-order valence-electron chi connectivity index (χ1n) is 10.2. The van der Waals surface area contributed by atoms with E-state index in [4.69, 9.17) is 9.26 Å². The van der Waals surface area contributed by atoms with Crippen molar-refractivity contribution in [2.45, 2.75) is 31.4 Å². The van der Waals surface area contributed by atoms with E-state index in [1.807, 2.05) is 24.3 Å². The van der Waals surface area contributed by atoms with E-state index in [2.05, 4.69) is 5.16 Å². The lowest BCUT2D eigenvalue weighted by Gasteiger charge is -2.21. The highest BCUT2D eigenvalue weighted by Crippen LogP contribution is 2.34. The minimum absolute atomic E-state index is 0.0442. The first kappa shape index (κ1) is 20.9.